The number of nitrogens with one attached hydrogen (secondary N) is 1. The maximum Gasteiger partial charge on any atom is 0.258 e. The van der Waals surface area contributed by atoms with Gasteiger partial charge in [0.15, 0.2) is 11.5 Å². The predicted molar refractivity (Wildman–Crippen MR) is 93.9 cm³/mol. The van der Waals surface area contributed by atoms with E-state index in [0.29, 0.717) is 35.2 Å². The van der Waals surface area contributed by atoms with E-state index in [2.05, 4.69) is 25.9 Å². The highest BCUT2D eigenvalue weighted by atomic mass is 79.9. The monoisotopic (exact) mass is 384 g/mol. The van der Waals surface area contributed by atoms with Crippen molar-refractivity contribution in [3.63, 3.8) is 0 Å². The SMILES string of the molecule is COc1cccc2c1Oc1nc(-c3cccc(Br)c3)[nH]c(=O)c1C2. The minimum absolute atomic E-state index is 0.191. The first kappa shape index (κ1) is 15.0. The minimum atomic E-state index is -0.191. The Labute approximate surface area is 146 Å². The lowest BCUT2D eigenvalue weighted by atomic mass is 10.0. The smallest absolute Gasteiger partial charge is 0.258 e. The van der Waals surface area contributed by atoms with Gasteiger partial charge < -0.3 is 14.5 Å². The van der Waals surface area contributed by atoms with Crippen molar-refractivity contribution in [1.29, 1.82) is 0 Å². The first-order chi connectivity index (χ1) is 11.7. The van der Waals surface area contributed by atoms with Crippen molar-refractivity contribution in [1.82, 2.24) is 9.97 Å². The molecule has 2 aromatic carbocycles. The summed E-state index contributed by atoms with van der Waals surface area (Å²) in [5.74, 6) is 2.04. The van der Waals surface area contributed by atoms with Gasteiger partial charge in [-0.25, -0.2) is 0 Å². The van der Waals surface area contributed by atoms with Crippen LogP contribution in [0.1, 0.15) is 11.1 Å². The predicted octanol–water partition coefficient (Wildman–Crippen LogP) is 3.90. The normalized spacial score (nSPS) is 12.1. The fraction of sp³-hybridized carbons (Fsp3) is 0.111. The molecule has 4 rings (SSSR count). The fourth-order valence-corrected chi connectivity index (χ4v) is 3.15. The molecule has 1 aliphatic rings. The van der Waals surface area contributed by atoms with Crippen LogP contribution in [0, 0.1) is 0 Å². The van der Waals surface area contributed by atoms with E-state index in [4.69, 9.17) is 9.47 Å². The number of aromatic nitrogens is 2. The van der Waals surface area contributed by atoms with Gasteiger partial charge in [0.1, 0.15) is 5.82 Å². The van der Waals surface area contributed by atoms with Crippen LogP contribution in [0.2, 0.25) is 0 Å². The molecule has 2 heterocycles. The van der Waals surface area contributed by atoms with Crippen LogP contribution in [0.25, 0.3) is 11.4 Å². The first-order valence-corrected chi connectivity index (χ1v) is 8.18. The molecule has 1 aliphatic heterocycles. The number of methoxy groups -OCH3 is 1. The molecule has 0 fully saturated rings. The molecule has 0 unspecified atom stereocenters. The van der Waals surface area contributed by atoms with Crippen LogP contribution in [0.15, 0.2) is 51.7 Å². The lowest BCUT2D eigenvalue weighted by Gasteiger charge is -2.20. The number of H-pyrrole nitrogens is 1. The number of fused-ring (bicyclic) bond motifs is 2. The van der Waals surface area contributed by atoms with Gasteiger partial charge >= 0.3 is 0 Å². The molecule has 0 saturated heterocycles. The van der Waals surface area contributed by atoms with Crippen LogP contribution in [0.3, 0.4) is 0 Å². The van der Waals surface area contributed by atoms with Gasteiger partial charge in [-0.05, 0) is 18.2 Å². The minimum Gasteiger partial charge on any atom is -0.493 e. The third kappa shape index (κ3) is 2.49. The van der Waals surface area contributed by atoms with Crippen molar-refractivity contribution in [2.24, 2.45) is 0 Å². The molecule has 0 amide bonds. The lowest BCUT2D eigenvalue weighted by molar-refractivity contribution is 0.365. The van der Waals surface area contributed by atoms with E-state index in [1.165, 1.54) is 0 Å². The van der Waals surface area contributed by atoms with Crippen molar-refractivity contribution in [2.45, 2.75) is 6.42 Å². The Bertz CT molecular complexity index is 998. The molecule has 0 aliphatic carbocycles. The van der Waals surface area contributed by atoms with Gasteiger partial charge in [-0.1, -0.05) is 40.2 Å². The Morgan fingerprint density at radius 1 is 1.25 bits per heavy atom. The summed E-state index contributed by atoms with van der Waals surface area (Å²) in [5.41, 5.74) is 2.04. The summed E-state index contributed by atoms with van der Waals surface area (Å²) in [4.78, 5) is 19.8. The summed E-state index contributed by atoms with van der Waals surface area (Å²) in [7, 11) is 1.59. The molecule has 1 aromatic heterocycles. The van der Waals surface area contributed by atoms with Gasteiger partial charge in [0.05, 0.1) is 12.7 Å². The van der Waals surface area contributed by atoms with E-state index in [1.54, 1.807) is 7.11 Å². The zero-order chi connectivity index (χ0) is 16.7. The molecule has 24 heavy (non-hydrogen) atoms. The highest BCUT2D eigenvalue weighted by Crippen LogP contribution is 2.40. The second-order valence-electron chi connectivity index (χ2n) is 5.44. The number of hydrogen-bond donors (Lipinski definition) is 1. The molecule has 120 valence electrons. The Morgan fingerprint density at radius 3 is 2.88 bits per heavy atom. The third-order valence-electron chi connectivity index (χ3n) is 3.92. The van der Waals surface area contributed by atoms with E-state index in [9.17, 15) is 4.79 Å². The molecular weight excluding hydrogens is 372 g/mol. The van der Waals surface area contributed by atoms with Crippen molar-refractivity contribution >= 4 is 15.9 Å². The fourth-order valence-electron chi connectivity index (χ4n) is 2.75. The van der Waals surface area contributed by atoms with Gasteiger partial charge in [0.2, 0.25) is 5.88 Å². The molecule has 0 bridgehead atoms. The zero-order valence-electron chi connectivity index (χ0n) is 12.8. The summed E-state index contributed by atoms with van der Waals surface area (Å²) >= 11 is 3.43. The average Bonchev–Trinajstić information content (AvgIpc) is 2.59. The van der Waals surface area contributed by atoms with Crippen molar-refractivity contribution in [2.75, 3.05) is 7.11 Å². The number of aromatic amines is 1. The van der Waals surface area contributed by atoms with E-state index < -0.39 is 0 Å². The van der Waals surface area contributed by atoms with Crippen LogP contribution in [0.4, 0.5) is 0 Å². The van der Waals surface area contributed by atoms with Gasteiger partial charge in [0.25, 0.3) is 5.56 Å². The van der Waals surface area contributed by atoms with Crippen LogP contribution >= 0.6 is 15.9 Å². The summed E-state index contributed by atoms with van der Waals surface area (Å²) in [5, 5.41) is 0. The Balaban J connectivity index is 1.84. The number of ether oxygens (including phenoxy) is 2. The summed E-state index contributed by atoms with van der Waals surface area (Å²) in [6.07, 6.45) is 0.461. The largest absolute Gasteiger partial charge is 0.493 e. The van der Waals surface area contributed by atoms with Gasteiger partial charge in [-0.3, -0.25) is 4.79 Å². The van der Waals surface area contributed by atoms with Gasteiger partial charge in [0, 0.05) is 22.0 Å². The third-order valence-corrected chi connectivity index (χ3v) is 4.42. The summed E-state index contributed by atoms with van der Waals surface area (Å²) < 4.78 is 12.2. The van der Waals surface area contributed by atoms with E-state index in [0.717, 1.165) is 15.6 Å². The summed E-state index contributed by atoms with van der Waals surface area (Å²) in [6.45, 7) is 0. The van der Waals surface area contributed by atoms with Gasteiger partial charge in [-0.15, -0.1) is 0 Å². The van der Waals surface area contributed by atoms with Crippen LogP contribution in [0.5, 0.6) is 17.4 Å². The number of halogens is 1. The van der Waals surface area contributed by atoms with E-state index >= 15 is 0 Å². The molecule has 0 radical (unpaired) electrons. The summed E-state index contributed by atoms with van der Waals surface area (Å²) in [6, 6.07) is 13.2. The Hall–Kier alpha value is -2.60. The Kier molecular flexibility index (Phi) is 3.61. The second kappa shape index (κ2) is 5.79. The first-order valence-electron chi connectivity index (χ1n) is 7.38. The quantitative estimate of drug-likeness (QED) is 0.569. The average molecular weight is 385 g/mol. The molecule has 3 aromatic rings. The van der Waals surface area contributed by atoms with Gasteiger partial charge in [-0.2, -0.15) is 4.98 Å². The highest BCUT2D eigenvalue weighted by Gasteiger charge is 2.24. The lowest BCUT2D eigenvalue weighted by Crippen LogP contribution is -2.20. The van der Waals surface area contributed by atoms with Crippen molar-refractivity contribution in [3.8, 4) is 28.8 Å². The molecule has 0 spiro atoms. The number of nitrogens with zero attached hydrogens (tertiary/aromatic N) is 1. The number of hydrogen-bond acceptors (Lipinski definition) is 4. The molecule has 1 N–H and O–H groups in total. The molecular formula is C18H13BrN2O3. The standard InChI is InChI=1S/C18H13BrN2O3/c1-23-14-7-3-4-10-9-13-17(22)20-16(21-18(13)24-15(10)14)11-5-2-6-12(19)8-11/h2-8H,9H2,1H3,(H,20,21,22). The zero-order valence-corrected chi connectivity index (χ0v) is 14.4. The van der Waals surface area contributed by atoms with Crippen LogP contribution in [-0.4, -0.2) is 17.1 Å². The molecule has 5 nitrogen and oxygen atoms in total. The molecule has 6 heteroatoms. The second-order valence-corrected chi connectivity index (χ2v) is 6.35. The van der Waals surface area contributed by atoms with E-state index in [-0.39, 0.29) is 5.56 Å². The van der Waals surface area contributed by atoms with E-state index in [1.807, 2.05) is 42.5 Å². The van der Waals surface area contributed by atoms with Crippen molar-refractivity contribution in [3.05, 3.63) is 68.4 Å². The van der Waals surface area contributed by atoms with Crippen molar-refractivity contribution < 1.29 is 9.47 Å². The topological polar surface area (TPSA) is 64.2 Å². The maximum atomic E-state index is 12.5. The Morgan fingerprint density at radius 2 is 2.08 bits per heavy atom. The van der Waals surface area contributed by atoms with Crippen LogP contribution < -0.4 is 15.0 Å². The number of benzene rings is 2. The number of rotatable bonds is 2. The highest BCUT2D eigenvalue weighted by molar-refractivity contribution is 9.10. The van der Waals surface area contributed by atoms with Crippen LogP contribution in [-0.2, 0) is 6.42 Å². The maximum absolute atomic E-state index is 12.5. The molecule has 0 saturated carbocycles. The number of para-hydroxylation sites is 1. The molecule has 0 atom stereocenters.